The lowest BCUT2D eigenvalue weighted by Gasteiger charge is -2.06. The van der Waals surface area contributed by atoms with Gasteiger partial charge in [-0.2, -0.15) is 0 Å². The third-order valence-corrected chi connectivity index (χ3v) is 2.22. The minimum absolute atomic E-state index is 0.243. The van der Waals surface area contributed by atoms with Gasteiger partial charge in [-0.1, -0.05) is 19.0 Å². The number of rotatable bonds is 9. The number of aromatic nitrogens is 1. The van der Waals surface area contributed by atoms with E-state index >= 15 is 0 Å². The molecular formula is C13H24N2O3. The molecule has 0 aromatic carbocycles. The van der Waals surface area contributed by atoms with Crippen LogP contribution in [0.2, 0.25) is 0 Å². The van der Waals surface area contributed by atoms with E-state index in [0.29, 0.717) is 25.9 Å². The number of nitrogens with one attached hydrogen (secondary N) is 1. The molecule has 18 heavy (non-hydrogen) atoms. The molecule has 0 aliphatic carbocycles. The Morgan fingerprint density at radius 2 is 2.06 bits per heavy atom. The van der Waals surface area contributed by atoms with E-state index in [4.69, 9.17) is 14.0 Å². The summed E-state index contributed by atoms with van der Waals surface area (Å²) in [7, 11) is 0. The molecule has 1 aromatic heterocycles. The van der Waals surface area contributed by atoms with Crippen LogP contribution in [-0.4, -0.2) is 30.5 Å². The normalized spacial score (nSPS) is 11.7. The Labute approximate surface area is 109 Å². The maximum atomic E-state index is 5.43. The van der Waals surface area contributed by atoms with Crippen LogP contribution in [0.1, 0.15) is 39.1 Å². The fourth-order valence-corrected chi connectivity index (χ4v) is 1.33. The zero-order valence-electron chi connectivity index (χ0n) is 11.7. The van der Waals surface area contributed by atoms with Gasteiger partial charge >= 0.3 is 0 Å². The summed E-state index contributed by atoms with van der Waals surface area (Å²) in [6.45, 7) is 10.5. The highest BCUT2D eigenvalue weighted by Gasteiger charge is 2.04. The average molecular weight is 256 g/mol. The molecule has 5 heteroatoms. The molecule has 0 spiro atoms. The van der Waals surface area contributed by atoms with Gasteiger partial charge in [-0.15, -0.1) is 0 Å². The number of nitrogens with zero attached hydrogens (tertiary/aromatic N) is 1. The van der Waals surface area contributed by atoms with Crippen LogP contribution in [0.3, 0.4) is 0 Å². The first-order valence-electron chi connectivity index (χ1n) is 6.45. The zero-order chi connectivity index (χ0) is 13.4. The average Bonchev–Trinajstić information content (AvgIpc) is 2.73. The minimum Gasteiger partial charge on any atom is -0.376 e. The molecule has 1 rings (SSSR count). The van der Waals surface area contributed by atoms with Gasteiger partial charge in [0, 0.05) is 18.7 Å². The first kappa shape index (κ1) is 15.1. The van der Waals surface area contributed by atoms with E-state index in [1.54, 1.807) is 0 Å². The standard InChI is InChI=1S/C13H24N2O3/c1-10(2)14-8-12-7-13(18-15-12)9-16-5-6-17-11(3)4/h7,10-11,14H,5-6,8-9H2,1-4H3. The van der Waals surface area contributed by atoms with E-state index in [-0.39, 0.29) is 6.10 Å². The molecule has 0 atom stereocenters. The Morgan fingerprint density at radius 1 is 1.28 bits per heavy atom. The van der Waals surface area contributed by atoms with Gasteiger partial charge in [-0.25, -0.2) is 0 Å². The van der Waals surface area contributed by atoms with Gasteiger partial charge in [0.15, 0.2) is 5.76 Å². The molecule has 104 valence electrons. The van der Waals surface area contributed by atoms with Gasteiger partial charge in [0.1, 0.15) is 6.61 Å². The lowest BCUT2D eigenvalue weighted by atomic mass is 10.3. The Kier molecular flexibility index (Phi) is 6.93. The molecule has 5 nitrogen and oxygen atoms in total. The van der Waals surface area contributed by atoms with Crippen LogP contribution in [0.4, 0.5) is 0 Å². The smallest absolute Gasteiger partial charge is 0.162 e. The van der Waals surface area contributed by atoms with Crippen molar-refractivity contribution in [3.63, 3.8) is 0 Å². The van der Waals surface area contributed by atoms with Crippen LogP contribution in [-0.2, 0) is 22.6 Å². The van der Waals surface area contributed by atoms with Crippen molar-refractivity contribution in [2.75, 3.05) is 13.2 Å². The minimum atomic E-state index is 0.243. The maximum Gasteiger partial charge on any atom is 0.162 e. The van der Waals surface area contributed by atoms with Crippen molar-refractivity contribution in [1.82, 2.24) is 10.5 Å². The van der Waals surface area contributed by atoms with Gasteiger partial charge in [0.05, 0.1) is 25.0 Å². The first-order valence-corrected chi connectivity index (χ1v) is 6.45. The van der Waals surface area contributed by atoms with E-state index in [2.05, 4.69) is 24.3 Å². The second-order valence-electron chi connectivity index (χ2n) is 4.79. The molecule has 1 N–H and O–H groups in total. The third-order valence-electron chi connectivity index (χ3n) is 2.22. The van der Waals surface area contributed by atoms with Crippen molar-refractivity contribution in [3.8, 4) is 0 Å². The van der Waals surface area contributed by atoms with Crippen molar-refractivity contribution in [2.24, 2.45) is 0 Å². The SMILES string of the molecule is CC(C)NCc1cc(COCCOC(C)C)on1. The van der Waals surface area contributed by atoms with Crippen molar-refractivity contribution in [1.29, 1.82) is 0 Å². The summed E-state index contributed by atoms with van der Waals surface area (Å²) in [5.41, 5.74) is 0.903. The van der Waals surface area contributed by atoms with E-state index in [1.807, 2.05) is 19.9 Å². The quantitative estimate of drug-likeness (QED) is 0.686. The fraction of sp³-hybridized carbons (Fsp3) is 0.769. The number of hydrogen-bond acceptors (Lipinski definition) is 5. The highest BCUT2D eigenvalue weighted by atomic mass is 16.5. The predicted molar refractivity (Wildman–Crippen MR) is 69.2 cm³/mol. The Morgan fingerprint density at radius 3 is 2.72 bits per heavy atom. The molecule has 0 saturated heterocycles. The summed E-state index contributed by atoms with van der Waals surface area (Å²) in [6, 6.07) is 2.35. The summed E-state index contributed by atoms with van der Waals surface area (Å²) in [5.74, 6) is 0.750. The summed E-state index contributed by atoms with van der Waals surface area (Å²) in [4.78, 5) is 0. The monoisotopic (exact) mass is 256 g/mol. The third kappa shape index (κ3) is 6.74. The summed E-state index contributed by atoms with van der Waals surface area (Å²) in [5, 5.41) is 7.25. The van der Waals surface area contributed by atoms with Gasteiger partial charge in [0.2, 0.25) is 0 Å². The van der Waals surface area contributed by atoms with E-state index < -0.39 is 0 Å². The molecule has 0 aliphatic heterocycles. The highest BCUT2D eigenvalue weighted by molar-refractivity contribution is 5.04. The van der Waals surface area contributed by atoms with Gasteiger partial charge in [0.25, 0.3) is 0 Å². The van der Waals surface area contributed by atoms with Gasteiger partial charge < -0.3 is 19.3 Å². The molecule has 0 fully saturated rings. The zero-order valence-corrected chi connectivity index (χ0v) is 11.7. The van der Waals surface area contributed by atoms with Crippen molar-refractivity contribution < 1.29 is 14.0 Å². The Bertz CT molecular complexity index is 324. The first-order chi connectivity index (χ1) is 8.58. The number of hydrogen-bond donors (Lipinski definition) is 1. The van der Waals surface area contributed by atoms with Crippen molar-refractivity contribution >= 4 is 0 Å². The second-order valence-corrected chi connectivity index (χ2v) is 4.79. The van der Waals surface area contributed by atoms with E-state index in [0.717, 1.165) is 18.0 Å². The second kappa shape index (κ2) is 8.24. The number of ether oxygens (including phenoxy) is 2. The fourth-order valence-electron chi connectivity index (χ4n) is 1.33. The molecule has 1 aromatic rings. The van der Waals surface area contributed by atoms with Crippen LogP contribution in [0.5, 0.6) is 0 Å². The highest BCUT2D eigenvalue weighted by Crippen LogP contribution is 2.05. The summed E-state index contributed by atoms with van der Waals surface area (Å²) >= 11 is 0. The molecule has 1 heterocycles. The molecule has 0 amide bonds. The van der Waals surface area contributed by atoms with Crippen LogP contribution in [0.25, 0.3) is 0 Å². The summed E-state index contributed by atoms with van der Waals surface area (Å²) in [6.07, 6.45) is 0.243. The van der Waals surface area contributed by atoms with E-state index in [1.165, 1.54) is 0 Å². The van der Waals surface area contributed by atoms with Crippen molar-refractivity contribution in [3.05, 3.63) is 17.5 Å². The van der Waals surface area contributed by atoms with Crippen molar-refractivity contribution in [2.45, 2.75) is 53.0 Å². The molecule has 0 bridgehead atoms. The van der Waals surface area contributed by atoms with Crippen LogP contribution in [0.15, 0.2) is 10.6 Å². The van der Waals surface area contributed by atoms with Gasteiger partial charge in [-0.05, 0) is 13.8 Å². The lowest BCUT2D eigenvalue weighted by Crippen LogP contribution is -2.21. The van der Waals surface area contributed by atoms with Gasteiger partial charge in [-0.3, -0.25) is 0 Å². The van der Waals surface area contributed by atoms with E-state index in [9.17, 15) is 0 Å². The maximum absolute atomic E-state index is 5.43. The molecule has 0 radical (unpaired) electrons. The lowest BCUT2D eigenvalue weighted by molar-refractivity contribution is 0.00926. The molecule has 0 unspecified atom stereocenters. The molecule has 0 aliphatic rings. The molecule has 0 saturated carbocycles. The van der Waals surface area contributed by atoms with Crippen LogP contribution in [0, 0.1) is 0 Å². The van der Waals surface area contributed by atoms with Crippen LogP contribution >= 0.6 is 0 Å². The molecular weight excluding hydrogens is 232 g/mol. The largest absolute Gasteiger partial charge is 0.376 e. The Balaban J connectivity index is 2.15. The summed E-state index contributed by atoms with van der Waals surface area (Å²) < 4.78 is 16.0. The predicted octanol–water partition coefficient (Wildman–Crippen LogP) is 2.11. The van der Waals surface area contributed by atoms with Crippen LogP contribution < -0.4 is 5.32 Å². The topological polar surface area (TPSA) is 56.5 Å². The Hall–Kier alpha value is -0.910.